The highest BCUT2D eigenvalue weighted by molar-refractivity contribution is 7.90. The highest BCUT2D eigenvalue weighted by Gasteiger charge is 2.21. The lowest BCUT2D eigenvalue weighted by Gasteiger charge is -2.10. The van der Waals surface area contributed by atoms with Crippen LogP contribution in [0.3, 0.4) is 0 Å². The third-order valence-corrected chi connectivity index (χ3v) is 5.58. The Kier molecular flexibility index (Phi) is 3.96. The van der Waals surface area contributed by atoms with Crippen LogP contribution in [0.25, 0.3) is 0 Å². The molecule has 0 bridgehead atoms. The highest BCUT2D eigenvalue weighted by atomic mass is 32.2. The summed E-state index contributed by atoms with van der Waals surface area (Å²) >= 11 is 1.43. The molecule has 0 spiro atoms. The van der Waals surface area contributed by atoms with Crippen molar-refractivity contribution in [3.63, 3.8) is 0 Å². The summed E-state index contributed by atoms with van der Waals surface area (Å²) in [5.41, 5.74) is 1.87. The summed E-state index contributed by atoms with van der Waals surface area (Å²) in [5, 5.41) is 12.7. The van der Waals surface area contributed by atoms with E-state index in [0.717, 1.165) is 0 Å². The molecule has 2 aromatic rings. The van der Waals surface area contributed by atoms with E-state index in [1.165, 1.54) is 17.4 Å². The Balaban J connectivity index is 2.51. The first-order valence-electron chi connectivity index (χ1n) is 5.89. The molecule has 0 aliphatic heterocycles. The second-order valence-electron chi connectivity index (χ2n) is 4.63. The minimum absolute atomic E-state index is 0.0273. The Bertz CT molecular complexity index is 744. The molecule has 1 aromatic carbocycles. The first-order valence-corrected chi connectivity index (χ1v) is 8.49. The van der Waals surface area contributed by atoms with Gasteiger partial charge in [0.1, 0.15) is 0 Å². The Morgan fingerprint density at radius 3 is 2.50 bits per heavy atom. The maximum atomic E-state index is 12.4. The van der Waals surface area contributed by atoms with Crippen molar-refractivity contribution in [2.45, 2.75) is 24.5 Å². The summed E-state index contributed by atoms with van der Waals surface area (Å²) < 4.78 is 24.8. The Morgan fingerprint density at radius 2 is 1.95 bits per heavy atom. The van der Waals surface area contributed by atoms with Crippen LogP contribution in [0, 0.1) is 13.8 Å². The van der Waals surface area contributed by atoms with Crippen LogP contribution in [0.5, 0.6) is 0 Å². The number of carbonyl (C=O) groups is 1. The number of carboxylic acid groups (broad SMARTS) is 1. The van der Waals surface area contributed by atoms with Crippen molar-refractivity contribution in [1.82, 2.24) is 0 Å². The number of aromatic carboxylic acids is 1. The van der Waals surface area contributed by atoms with Crippen LogP contribution < -0.4 is 0 Å². The molecule has 2 rings (SSSR count). The predicted octanol–water partition coefficient (Wildman–Crippen LogP) is 3.04. The number of thiophene rings is 1. The van der Waals surface area contributed by atoms with E-state index < -0.39 is 15.8 Å². The quantitative estimate of drug-likeness (QED) is 0.942. The smallest absolute Gasteiger partial charge is 0.335 e. The topological polar surface area (TPSA) is 71.4 Å². The Labute approximate surface area is 121 Å². The van der Waals surface area contributed by atoms with Gasteiger partial charge in [-0.1, -0.05) is 6.07 Å². The number of benzene rings is 1. The third kappa shape index (κ3) is 2.91. The van der Waals surface area contributed by atoms with E-state index in [2.05, 4.69) is 0 Å². The van der Waals surface area contributed by atoms with Gasteiger partial charge in [0.05, 0.1) is 16.2 Å². The molecule has 0 aliphatic carbocycles. The van der Waals surface area contributed by atoms with Crippen molar-refractivity contribution >= 4 is 27.1 Å². The highest BCUT2D eigenvalue weighted by Crippen LogP contribution is 2.24. The molecule has 0 radical (unpaired) electrons. The lowest BCUT2D eigenvalue weighted by molar-refractivity contribution is 0.0696. The molecule has 20 heavy (non-hydrogen) atoms. The molecule has 1 N–H and O–H groups in total. The summed E-state index contributed by atoms with van der Waals surface area (Å²) in [7, 11) is -3.54. The molecule has 0 amide bonds. The molecule has 0 saturated carbocycles. The number of rotatable bonds is 4. The van der Waals surface area contributed by atoms with Crippen LogP contribution >= 0.6 is 11.3 Å². The van der Waals surface area contributed by atoms with Crippen molar-refractivity contribution in [3.05, 3.63) is 51.2 Å². The van der Waals surface area contributed by atoms with Gasteiger partial charge in [-0.3, -0.25) is 0 Å². The van der Waals surface area contributed by atoms with Gasteiger partial charge < -0.3 is 5.11 Å². The van der Waals surface area contributed by atoms with E-state index in [9.17, 15) is 13.2 Å². The maximum Gasteiger partial charge on any atom is 0.335 e. The zero-order chi connectivity index (χ0) is 14.9. The summed E-state index contributed by atoms with van der Waals surface area (Å²) in [6.07, 6.45) is 0. The average molecular weight is 310 g/mol. The van der Waals surface area contributed by atoms with Crippen LogP contribution in [-0.4, -0.2) is 19.5 Å². The predicted molar refractivity (Wildman–Crippen MR) is 78.1 cm³/mol. The summed E-state index contributed by atoms with van der Waals surface area (Å²) in [6.45, 7) is 3.34. The van der Waals surface area contributed by atoms with Gasteiger partial charge in [0.2, 0.25) is 0 Å². The standard InChI is InChI=1S/C14H14O4S2/c1-9-5-10(2)13(6-12(9)14(15)16)20(17,18)8-11-3-4-19-7-11/h3-7H,8H2,1-2H3,(H,15,16). The van der Waals surface area contributed by atoms with Crippen LogP contribution in [0.1, 0.15) is 27.0 Å². The van der Waals surface area contributed by atoms with Gasteiger partial charge in [-0.15, -0.1) is 0 Å². The Morgan fingerprint density at radius 1 is 1.25 bits per heavy atom. The number of carboxylic acids is 1. The second kappa shape index (κ2) is 5.38. The van der Waals surface area contributed by atoms with Crippen molar-refractivity contribution in [3.8, 4) is 0 Å². The molecule has 6 heteroatoms. The number of hydrogen-bond donors (Lipinski definition) is 1. The van der Waals surface area contributed by atoms with Gasteiger partial charge in [0, 0.05) is 0 Å². The molecular weight excluding hydrogens is 296 g/mol. The van der Waals surface area contributed by atoms with E-state index >= 15 is 0 Å². The van der Waals surface area contributed by atoms with Crippen LogP contribution in [-0.2, 0) is 15.6 Å². The fourth-order valence-corrected chi connectivity index (χ4v) is 4.46. The van der Waals surface area contributed by atoms with Gasteiger partial charge in [0.15, 0.2) is 9.84 Å². The van der Waals surface area contributed by atoms with Gasteiger partial charge >= 0.3 is 5.97 Å². The fraction of sp³-hybridized carbons (Fsp3) is 0.214. The van der Waals surface area contributed by atoms with Gasteiger partial charge in [-0.25, -0.2) is 13.2 Å². The van der Waals surface area contributed by atoms with Gasteiger partial charge in [-0.05, 0) is 53.4 Å². The SMILES string of the molecule is Cc1cc(C)c(S(=O)(=O)Cc2ccsc2)cc1C(=O)O. The van der Waals surface area contributed by atoms with E-state index in [-0.39, 0.29) is 16.2 Å². The zero-order valence-electron chi connectivity index (χ0n) is 11.1. The largest absolute Gasteiger partial charge is 0.478 e. The second-order valence-corrected chi connectivity index (χ2v) is 7.37. The molecule has 0 saturated heterocycles. The monoisotopic (exact) mass is 310 g/mol. The Hall–Kier alpha value is -1.66. The van der Waals surface area contributed by atoms with Crippen molar-refractivity contribution in [1.29, 1.82) is 0 Å². The zero-order valence-corrected chi connectivity index (χ0v) is 12.7. The van der Waals surface area contributed by atoms with Gasteiger partial charge in [-0.2, -0.15) is 11.3 Å². The minimum atomic E-state index is -3.54. The lowest BCUT2D eigenvalue weighted by atomic mass is 10.1. The van der Waals surface area contributed by atoms with Crippen LogP contribution in [0.15, 0.2) is 33.9 Å². The first kappa shape index (κ1) is 14.7. The molecule has 4 nitrogen and oxygen atoms in total. The lowest BCUT2D eigenvalue weighted by Crippen LogP contribution is -2.10. The minimum Gasteiger partial charge on any atom is -0.478 e. The molecule has 1 aromatic heterocycles. The van der Waals surface area contributed by atoms with E-state index in [1.807, 2.05) is 5.38 Å². The number of hydrogen-bond acceptors (Lipinski definition) is 4. The van der Waals surface area contributed by atoms with Crippen LogP contribution in [0.4, 0.5) is 0 Å². The van der Waals surface area contributed by atoms with Gasteiger partial charge in [0.25, 0.3) is 0 Å². The molecule has 1 heterocycles. The van der Waals surface area contributed by atoms with Crippen LogP contribution in [0.2, 0.25) is 0 Å². The molecule has 0 fully saturated rings. The summed E-state index contributed by atoms with van der Waals surface area (Å²) in [4.78, 5) is 11.2. The molecule has 0 atom stereocenters. The third-order valence-electron chi connectivity index (χ3n) is 3.02. The molecule has 0 aliphatic rings. The summed E-state index contributed by atoms with van der Waals surface area (Å²) in [5.74, 6) is -1.23. The van der Waals surface area contributed by atoms with E-state index in [0.29, 0.717) is 16.7 Å². The number of sulfone groups is 1. The fourth-order valence-electron chi connectivity index (χ4n) is 2.07. The van der Waals surface area contributed by atoms with Crippen molar-refractivity contribution < 1.29 is 18.3 Å². The summed E-state index contributed by atoms with van der Waals surface area (Å²) in [6, 6.07) is 4.61. The van der Waals surface area contributed by atoms with E-state index in [4.69, 9.17) is 5.11 Å². The van der Waals surface area contributed by atoms with Crippen molar-refractivity contribution in [2.24, 2.45) is 0 Å². The molecule has 106 valence electrons. The maximum absolute atomic E-state index is 12.4. The average Bonchev–Trinajstić information content (AvgIpc) is 2.79. The van der Waals surface area contributed by atoms with E-state index in [1.54, 1.807) is 31.4 Å². The normalized spacial score (nSPS) is 11.5. The number of aryl methyl sites for hydroxylation is 2. The molecular formula is C14H14O4S2. The van der Waals surface area contributed by atoms with Crippen molar-refractivity contribution in [2.75, 3.05) is 0 Å². The first-order chi connectivity index (χ1) is 9.31. The molecule has 0 unspecified atom stereocenters.